The molecular formula is C21H26N2O3. The molecule has 26 heavy (non-hydrogen) atoms. The number of methoxy groups -OCH3 is 1. The van der Waals surface area contributed by atoms with Gasteiger partial charge in [-0.15, -0.1) is 0 Å². The first-order valence-electron chi connectivity index (χ1n) is 8.72. The van der Waals surface area contributed by atoms with Crippen molar-refractivity contribution in [1.82, 2.24) is 10.2 Å². The van der Waals surface area contributed by atoms with Gasteiger partial charge in [0, 0.05) is 13.1 Å². The highest BCUT2D eigenvalue weighted by Gasteiger charge is 2.08. The normalized spacial score (nSPS) is 10.6. The zero-order chi connectivity index (χ0) is 18.9. The minimum absolute atomic E-state index is 0.0327. The number of rotatable bonds is 8. The number of hydrogen-bond donors (Lipinski definition) is 1. The molecule has 0 fully saturated rings. The van der Waals surface area contributed by atoms with Crippen molar-refractivity contribution in [3.63, 3.8) is 0 Å². The fraction of sp³-hybridized carbons (Fsp3) is 0.333. The van der Waals surface area contributed by atoms with E-state index in [1.807, 2.05) is 24.1 Å². The highest BCUT2D eigenvalue weighted by Crippen LogP contribution is 2.08. The molecule has 0 bridgehead atoms. The van der Waals surface area contributed by atoms with Gasteiger partial charge in [0.15, 0.2) is 0 Å². The molecule has 0 aliphatic heterocycles. The number of amides is 1. The maximum atomic E-state index is 12.1. The van der Waals surface area contributed by atoms with E-state index in [1.165, 1.54) is 18.2 Å². The first-order chi connectivity index (χ1) is 12.5. The van der Waals surface area contributed by atoms with Gasteiger partial charge in [0.25, 0.3) is 0 Å². The molecule has 0 aliphatic rings. The summed E-state index contributed by atoms with van der Waals surface area (Å²) in [5.74, 6) is -0.399. The third-order valence-corrected chi connectivity index (χ3v) is 4.16. The van der Waals surface area contributed by atoms with E-state index >= 15 is 0 Å². The van der Waals surface area contributed by atoms with Gasteiger partial charge in [0.1, 0.15) is 0 Å². The number of carbonyl (C=O) groups is 2. The molecule has 5 nitrogen and oxygen atoms in total. The van der Waals surface area contributed by atoms with Gasteiger partial charge in [-0.25, -0.2) is 4.79 Å². The molecule has 1 amide bonds. The lowest BCUT2D eigenvalue weighted by molar-refractivity contribution is -0.122. The SMILES string of the molecule is CCc1ccc(CN(C)CC(=O)NCc2ccc(C(=O)OC)cc2)cc1. The van der Waals surface area contributed by atoms with Gasteiger partial charge >= 0.3 is 5.97 Å². The lowest BCUT2D eigenvalue weighted by atomic mass is 10.1. The van der Waals surface area contributed by atoms with Crippen molar-refractivity contribution in [2.24, 2.45) is 0 Å². The summed E-state index contributed by atoms with van der Waals surface area (Å²) in [7, 11) is 3.28. The zero-order valence-corrected chi connectivity index (χ0v) is 15.6. The van der Waals surface area contributed by atoms with Crippen molar-refractivity contribution in [2.45, 2.75) is 26.4 Å². The largest absolute Gasteiger partial charge is 0.465 e. The van der Waals surface area contributed by atoms with Crippen molar-refractivity contribution < 1.29 is 14.3 Å². The molecule has 5 heteroatoms. The lowest BCUT2D eigenvalue weighted by Crippen LogP contribution is -2.34. The second-order valence-corrected chi connectivity index (χ2v) is 6.31. The lowest BCUT2D eigenvalue weighted by Gasteiger charge is -2.16. The molecule has 138 valence electrons. The van der Waals surface area contributed by atoms with E-state index in [0.717, 1.165) is 18.5 Å². The van der Waals surface area contributed by atoms with E-state index < -0.39 is 0 Å². The van der Waals surface area contributed by atoms with Crippen LogP contribution in [0.4, 0.5) is 0 Å². The summed E-state index contributed by atoms with van der Waals surface area (Å²) in [4.78, 5) is 25.5. The van der Waals surface area contributed by atoms with Gasteiger partial charge in [-0.3, -0.25) is 9.69 Å². The quantitative estimate of drug-likeness (QED) is 0.741. The Morgan fingerprint density at radius 1 is 0.962 bits per heavy atom. The van der Waals surface area contributed by atoms with Gasteiger partial charge in [0.05, 0.1) is 19.2 Å². The highest BCUT2D eigenvalue weighted by atomic mass is 16.5. The van der Waals surface area contributed by atoms with Crippen molar-refractivity contribution in [3.05, 3.63) is 70.8 Å². The zero-order valence-electron chi connectivity index (χ0n) is 15.6. The van der Waals surface area contributed by atoms with Crippen LogP contribution in [0.5, 0.6) is 0 Å². The minimum atomic E-state index is -0.367. The van der Waals surface area contributed by atoms with Gasteiger partial charge in [-0.2, -0.15) is 0 Å². The van der Waals surface area contributed by atoms with Crippen LogP contribution in [0, 0.1) is 0 Å². The molecule has 0 heterocycles. The Kier molecular flexibility index (Phi) is 7.36. The van der Waals surface area contributed by atoms with E-state index in [-0.39, 0.29) is 11.9 Å². The van der Waals surface area contributed by atoms with Crippen LogP contribution in [0.3, 0.4) is 0 Å². The third kappa shape index (κ3) is 6.01. The number of nitrogens with zero attached hydrogens (tertiary/aromatic N) is 1. The molecule has 2 aromatic carbocycles. The van der Waals surface area contributed by atoms with Gasteiger partial charge < -0.3 is 10.1 Å². The summed E-state index contributed by atoms with van der Waals surface area (Å²) < 4.78 is 4.67. The monoisotopic (exact) mass is 354 g/mol. The van der Waals surface area contributed by atoms with E-state index in [1.54, 1.807) is 12.1 Å². The fourth-order valence-electron chi connectivity index (χ4n) is 2.63. The predicted molar refractivity (Wildman–Crippen MR) is 102 cm³/mol. The van der Waals surface area contributed by atoms with Crippen molar-refractivity contribution >= 4 is 11.9 Å². The molecule has 2 aromatic rings. The van der Waals surface area contributed by atoms with Crippen LogP contribution in [-0.4, -0.2) is 37.5 Å². The van der Waals surface area contributed by atoms with Crippen LogP contribution < -0.4 is 5.32 Å². The Hall–Kier alpha value is -2.66. The highest BCUT2D eigenvalue weighted by molar-refractivity contribution is 5.89. The first kappa shape index (κ1) is 19.7. The van der Waals surface area contributed by atoms with E-state index in [0.29, 0.717) is 18.7 Å². The van der Waals surface area contributed by atoms with Crippen LogP contribution in [-0.2, 0) is 29.0 Å². The van der Waals surface area contributed by atoms with E-state index in [9.17, 15) is 9.59 Å². The Morgan fingerprint density at radius 2 is 1.54 bits per heavy atom. The Labute approximate surface area is 155 Å². The number of hydrogen-bond acceptors (Lipinski definition) is 4. The maximum Gasteiger partial charge on any atom is 0.337 e. The van der Waals surface area contributed by atoms with Crippen LogP contribution in [0.1, 0.15) is 34.0 Å². The molecule has 0 saturated heterocycles. The number of likely N-dealkylation sites (N-methyl/N-ethyl adjacent to an activating group) is 1. The van der Waals surface area contributed by atoms with Crippen molar-refractivity contribution in [3.8, 4) is 0 Å². The Bertz CT molecular complexity index is 724. The molecule has 0 radical (unpaired) electrons. The van der Waals surface area contributed by atoms with Crippen molar-refractivity contribution in [1.29, 1.82) is 0 Å². The summed E-state index contributed by atoms with van der Waals surface area (Å²) in [6.45, 7) is 3.62. The van der Waals surface area contributed by atoms with Crippen molar-refractivity contribution in [2.75, 3.05) is 20.7 Å². The number of aryl methyl sites for hydroxylation is 1. The summed E-state index contributed by atoms with van der Waals surface area (Å²) in [5, 5.41) is 2.90. The summed E-state index contributed by atoms with van der Waals surface area (Å²) in [6, 6.07) is 15.5. The molecule has 0 atom stereocenters. The topological polar surface area (TPSA) is 58.6 Å². The summed E-state index contributed by atoms with van der Waals surface area (Å²) in [5.41, 5.74) is 3.93. The molecule has 0 aromatic heterocycles. The Morgan fingerprint density at radius 3 is 2.12 bits per heavy atom. The standard InChI is InChI=1S/C21H26N2O3/c1-4-16-5-7-18(8-6-16)14-23(2)15-20(24)22-13-17-9-11-19(12-10-17)21(25)26-3/h5-12H,4,13-15H2,1-3H3,(H,22,24). The molecular weight excluding hydrogens is 328 g/mol. The number of nitrogens with one attached hydrogen (secondary N) is 1. The van der Waals surface area contributed by atoms with Gasteiger partial charge in [-0.05, 0) is 42.3 Å². The second-order valence-electron chi connectivity index (χ2n) is 6.31. The molecule has 1 N–H and O–H groups in total. The van der Waals surface area contributed by atoms with E-state index in [2.05, 4.69) is 41.2 Å². The molecule has 0 unspecified atom stereocenters. The van der Waals surface area contributed by atoms with Crippen LogP contribution >= 0.6 is 0 Å². The van der Waals surface area contributed by atoms with Gasteiger partial charge in [0.2, 0.25) is 5.91 Å². The first-order valence-corrected chi connectivity index (χ1v) is 8.72. The number of ether oxygens (including phenoxy) is 1. The summed E-state index contributed by atoms with van der Waals surface area (Å²) >= 11 is 0. The molecule has 0 saturated carbocycles. The summed E-state index contributed by atoms with van der Waals surface area (Å²) in [6.07, 6.45) is 1.03. The second kappa shape index (κ2) is 9.73. The fourth-order valence-corrected chi connectivity index (χ4v) is 2.63. The van der Waals surface area contributed by atoms with E-state index in [4.69, 9.17) is 0 Å². The smallest absolute Gasteiger partial charge is 0.337 e. The maximum absolute atomic E-state index is 12.1. The van der Waals surface area contributed by atoms with Crippen LogP contribution in [0.25, 0.3) is 0 Å². The number of benzene rings is 2. The van der Waals surface area contributed by atoms with Crippen LogP contribution in [0.15, 0.2) is 48.5 Å². The molecule has 2 rings (SSSR count). The van der Waals surface area contributed by atoms with Crippen LogP contribution in [0.2, 0.25) is 0 Å². The molecule has 0 spiro atoms. The number of esters is 1. The predicted octanol–water partition coefficient (Wildman–Crippen LogP) is 2.78. The molecule has 0 aliphatic carbocycles. The minimum Gasteiger partial charge on any atom is -0.465 e. The number of carbonyl (C=O) groups excluding carboxylic acids is 2. The van der Waals surface area contributed by atoms with Gasteiger partial charge in [-0.1, -0.05) is 43.3 Å². The average Bonchev–Trinajstić information content (AvgIpc) is 2.66. The average molecular weight is 354 g/mol. The Balaban J connectivity index is 1.77. The third-order valence-electron chi connectivity index (χ3n) is 4.16.